The summed E-state index contributed by atoms with van der Waals surface area (Å²) in [5.74, 6) is -1.28. The molecule has 2 aliphatic rings. The summed E-state index contributed by atoms with van der Waals surface area (Å²) in [6, 6.07) is 8.85. The normalized spacial score (nSPS) is 25.1. The summed E-state index contributed by atoms with van der Waals surface area (Å²) < 4.78 is 5.43. The molecule has 0 radical (unpaired) electrons. The van der Waals surface area contributed by atoms with Gasteiger partial charge in [0.2, 0.25) is 0 Å². The lowest BCUT2D eigenvalue weighted by atomic mass is 9.74. The first-order valence-corrected chi connectivity index (χ1v) is 8.79. The monoisotopic (exact) mass is 375 g/mol. The number of aromatic nitrogens is 2. The Hall–Kier alpha value is -2.38. The highest BCUT2D eigenvalue weighted by Gasteiger charge is 2.55. The number of hydrogen-bond acceptors (Lipinski definition) is 4. The van der Waals surface area contributed by atoms with Gasteiger partial charge in [0.05, 0.1) is 17.7 Å². The van der Waals surface area contributed by atoms with Gasteiger partial charge in [-0.2, -0.15) is 5.10 Å². The quantitative estimate of drug-likeness (QED) is 0.858. The number of benzene rings is 1. The van der Waals surface area contributed by atoms with Gasteiger partial charge in [0, 0.05) is 36.2 Å². The number of ether oxygens (including phenoxy) is 1. The lowest BCUT2D eigenvalue weighted by Crippen LogP contribution is -2.45. The Morgan fingerprint density at radius 3 is 2.81 bits per heavy atom. The molecule has 2 saturated heterocycles. The van der Waals surface area contributed by atoms with Gasteiger partial charge in [-0.15, -0.1) is 0 Å². The van der Waals surface area contributed by atoms with E-state index in [-0.39, 0.29) is 18.4 Å². The molecule has 2 N–H and O–H groups in total. The molecule has 1 aromatic carbocycles. The smallest absolute Gasteiger partial charge is 0.311 e. The number of carbonyl (C=O) groups is 2. The van der Waals surface area contributed by atoms with Gasteiger partial charge in [0.25, 0.3) is 5.91 Å². The van der Waals surface area contributed by atoms with E-state index >= 15 is 0 Å². The van der Waals surface area contributed by atoms with Crippen LogP contribution in [0.4, 0.5) is 0 Å². The maximum absolute atomic E-state index is 12.9. The van der Waals surface area contributed by atoms with Crippen LogP contribution in [0.2, 0.25) is 5.02 Å². The molecule has 2 aliphatic heterocycles. The molecule has 26 heavy (non-hydrogen) atoms. The summed E-state index contributed by atoms with van der Waals surface area (Å²) in [7, 11) is 0. The number of carboxylic acids is 1. The Balaban J connectivity index is 1.55. The van der Waals surface area contributed by atoms with Crippen molar-refractivity contribution in [1.29, 1.82) is 0 Å². The molecule has 0 saturated carbocycles. The molecule has 4 rings (SSSR count). The van der Waals surface area contributed by atoms with Crippen LogP contribution in [0.25, 0.3) is 11.3 Å². The third-order valence-corrected chi connectivity index (χ3v) is 5.62. The number of nitrogens with one attached hydrogen (secondary N) is 1. The molecular formula is C18H18ClN3O4. The lowest BCUT2D eigenvalue weighted by molar-refractivity contribution is -0.157. The summed E-state index contributed by atoms with van der Waals surface area (Å²) in [4.78, 5) is 26.3. The topological polar surface area (TPSA) is 95.5 Å². The number of likely N-dealkylation sites (tertiary alicyclic amines) is 1. The highest BCUT2D eigenvalue weighted by Crippen LogP contribution is 2.42. The van der Waals surface area contributed by atoms with E-state index in [1.54, 1.807) is 23.1 Å². The molecule has 2 atom stereocenters. The number of fused-ring (bicyclic) bond motifs is 1. The fraction of sp³-hybridized carbons (Fsp3) is 0.389. The van der Waals surface area contributed by atoms with Crippen molar-refractivity contribution in [2.45, 2.75) is 6.42 Å². The third-order valence-electron chi connectivity index (χ3n) is 5.37. The average molecular weight is 376 g/mol. The van der Waals surface area contributed by atoms with Crippen LogP contribution in [0.3, 0.4) is 0 Å². The van der Waals surface area contributed by atoms with Crippen LogP contribution in [0.5, 0.6) is 0 Å². The van der Waals surface area contributed by atoms with Crippen LogP contribution >= 0.6 is 11.6 Å². The van der Waals surface area contributed by atoms with Crippen molar-refractivity contribution in [2.75, 3.05) is 26.3 Å². The Morgan fingerprint density at radius 2 is 2.12 bits per heavy atom. The zero-order chi connectivity index (χ0) is 18.3. The average Bonchev–Trinajstić information content (AvgIpc) is 3.27. The standard InChI is InChI=1S/C18H18ClN3O4/c19-13-3-1-11(2-4-13)14-7-15(21-20-14)16(23)22-8-12-9-26-6-5-18(12,10-22)17(24)25/h1-4,7,12H,5-6,8-10H2,(H,20,21)(H,24,25)/t12-,18+/m0/s1. The third kappa shape index (κ3) is 2.77. The van der Waals surface area contributed by atoms with Gasteiger partial charge in [-0.1, -0.05) is 23.7 Å². The first-order valence-electron chi connectivity index (χ1n) is 8.41. The molecule has 8 heteroatoms. The van der Waals surface area contributed by atoms with E-state index < -0.39 is 11.4 Å². The molecule has 0 unspecified atom stereocenters. The highest BCUT2D eigenvalue weighted by molar-refractivity contribution is 6.30. The second-order valence-corrected chi connectivity index (χ2v) is 7.28. The Morgan fingerprint density at radius 1 is 1.35 bits per heavy atom. The molecule has 1 aromatic heterocycles. The predicted molar refractivity (Wildman–Crippen MR) is 93.9 cm³/mol. The SMILES string of the molecule is O=C(c1cc(-c2ccc(Cl)cc2)n[nH]1)N1C[C@H]2COCC[C@@]2(C(=O)O)C1. The number of hydrogen-bond donors (Lipinski definition) is 2. The minimum absolute atomic E-state index is 0.184. The molecule has 1 amide bonds. The molecule has 0 spiro atoms. The second-order valence-electron chi connectivity index (χ2n) is 6.84. The number of carboxylic acid groups (broad SMARTS) is 1. The van der Waals surface area contributed by atoms with Crippen molar-refractivity contribution in [3.63, 3.8) is 0 Å². The summed E-state index contributed by atoms with van der Waals surface area (Å²) in [5.41, 5.74) is 0.913. The zero-order valence-electron chi connectivity index (χ0n) is 13.9. The van der Waals surface area contributed by atoms with Crippen LogP contribution in [0, 0.1) is 11.3 Å². The van der Waals surface area contributed by atoms with Crippen LogP contribution in [0.15, 0.2) is 30.3 Å². The van der Waals surface area contributed by atoms with Gasteiger partial charge < -0.3 is 14.7 Å². The van der Waals surface area contributed by atoms with E-state index in [9.17, 15) is 14.7 Å². The molecular weight excluding hydrogens is 358 g/mol. The van der Waals surface area contributed by atoms with Gasteiger partial charge in [0.15, 0.2) is 0 Å². The number of aliphatic carboxylic acids is 1. The summed E-state index contributed by atoms with van der Waals surface area (Å²) >= 11 is 5.89. The maximum Gasteiger partial charge on any atom is 0.311 e. The first-order chi connectivity index (χ1) is 12.5. The van der Waals surface area contributed by atoms with E-state index in [0.717, 1.165) is 5.56 Å². The number of halogens is 1. The summed E-state index contributed by atoms with van der Waals surface area (Å²) in [6.45, 7) is 1.36. The molecule has 3 heterocycles. The molecule has 0 aliphatic carbocycles. The van der Waals surface area contributed by atoms with Gasteiger partial charge in [0.1, 0.15) is 5.69 Å². The van der Waals surface area contributed by atoms with E-state index in [0.29, 0.717) is 42.6 Å². The molecule has 136 valence electrons. The Bertz CT molecular complexity index is 850. The minimum Gasteiger partial charge on any atom is -0.481 e. The second kappa shape index (κ2) is 6.41. The summed E-state index contributed by atoms with van der Waals surface area (Å²) in [5, 5.41) is 17.3. The van der Waals surface area contributed by atoms with E-state index in [4.69, 9.17) is 16.3 Å². The predicted octanol–water partition coefficient (Wildman–Crippen LogP) is 2.29. The fourth-order valence-corrected chi connectivity index (χ4v) is 3.95. The number of nitrogens with zero attached hydrogens (tertiary/aromatic N) is 2. The molecule has 2 aromatic rings. The van der Waals surface area contributed by atoms with Crippen molar-refractivity contribution in [2.24, 2.45) is 11.3 Å². The van der Waals surface area contributed by atoms with Crippen molar-refractivity contribution < 1.29 is 19.4 Å². The van der Waals surface area contributed by atoms with Gasteiger partial charge in [-0.25, -0.2) is 0 Å². The van der Waals surface area contributed by atoms with Gasteiger partial charge >= 0.3 is 5.97 Å². The maximum atomic E-state index is 12.9. The van der Waals surface area contributed by atoms with Crippen LogP contribution in [0.1, 0.15) is 16.9 Å². The molecule has 0 bridgehead atoms. The van der Waals surface area contributed by atoms with Crippen LogP contribution < -0.4 is 0 Å². The van der Waals surface area contributed by atoms with E-state index in [2.05, 4.69) is 10.2 Å². The Labute approximate surface area is 154 Å². The number of H-pyrrole nitrogens is 1. The highest BCUT2D eigenvalue weighted by atomic mass is 35.5. The molecule has 2 fully saturated rings. The Kier molecular flexibility index (Phi) is 4.20. The van der Waals surface area contributed by atoms with Gasteiger partial charge in [-0.3, -0.25) is 14.7 Å². The van der Waals surface area contributed by atoms with Crippen molar-refractivity contribution in [1.82, 2.24) is 15.1 Å². The van der Waals surface area contributed by atoms with Crippen molar-refractivity contribution >= 4 is 23.5 Å². The molecule has 7 nitrogen and oxygen atoms in total. The van der Waals surface area contributed by atoms with Crippen LogP contribution in [-0.2, 0) is 9.53 Å². The number of carbonyl (C=O) groups excluding carboxylic acids is 1. The van der Waals surface area contributed by atoms with E-state index in [1.165, 1.54) is 0 Å². The number of rotatable bonds is 3. The van der Waals surface area contributed by atoms with Crippen molar-refractivity contribution in [3.05, 3.63) is 41.0 Å². The summed E-state index contributed by atoms with van der Waals surface area (Å²) in [6.07, 6.45) is 0.426. The van der Waals surface area contributed by atoms with Crippen molar-refractivity contribution in [3.8, 4) is 11.3 Å². The number of aromatic amines is 1. The number of amides is 1. The first kappa shape index (κ1) is 17.1. The van der Waals surface area contributed by atoms with Gasteiger partial charge in [-0.05, 0) is 24.6 Å². The lowest BCUT2D eigenvalue weighted by Gasteiger charge is -2.33. The van der Waals surface area contributed by atoms with E-state index in [1.807, 2.05) is 12.1 Å². The zero-order valence-corrected chi connectivity index (χ0v) is 14.7. The largest absolute Gasteiger partial charge is 0.481 e. The fourth-order valence-electron chi connectivity index (χ4n) is 3.82. The minimum atomic E-state index is -0.910. The van der Waals surface area contributed by atoms with Crippen LogP contribution in [-0.4, -0.2) is 58.4 Å².